The second-order valence-corrected chi connectivity index (χ2v) is 5.11. The Hall–Kier alpha value is -2.62. The van der Waals surface area contributed by atoms with Crippen molar-refractivity contribution in [1.29, 1.82) is 0 Å². The molecular weight excluding hydrogens is 266 g/mol. The molecule has 0 aliphatic rings. The molecule has 2 aromatic rings. The zero-order chi connectivity index (χ0) is 15.4. The van der Waals surface area contributed by atoms with Crippen molar-refractivity contribution < 1.29 is 14.7 Å². The van der Waals surface area contributed by atoms with E-state index in [0.717, 1.165) is 16.8 Å². The predicted octanol–water partition coefficient (Wildman–Crippen LogP) is 3.65. The Morgan fingerprint density at radius 3 is 2.24 bits per heavy atom. The van der Waals surface area contributed by atoms with Crippen LogP contribution in [0.25, 0.3) is 11.1 Å². The molecule has 0 saturated heterocycles. The summed E-state index contributed by atoms with van der Waals surface area (Å²) in [5.74, 6) is -1.06. The molecule has 0 radical (unpaired) electrons. The van der Waals surface area contributed by atoms with Gasteiger partial charge in [0.2, 0.25) is 5.91 Å². The molecule has 0 saturated carbocycles. The summed E-state index contributed by atoms with van der Waals surface area (Å²) < 4.78 is 0. The minimum Gasteiger partial charge on any atom is -0.478 e. The van der Waals surface area contributed by atoms with Crippen molar-refractivity contribution in [3.05, 3.63) is 54.1 Å². The van der Waals surface area contributed by atoms with E-state index in [1.54, 1.807) is 24.3 Å². The number of benzene rings is 2. The third kappa shape index (κ3) is 3.69. The van der Waals surface area contributed by atoms with Gasteiger partial charge in [-0.3, -0.25) is 4.79 Å². The van der Waals surface area contributed by atoms with E-state index in [0.29, 0.717) is 0 Å². The lowest BCUT2D eigenvalue weighted by atomic mass is 10.0. The van der Waals surface area contributed by atoms with Crippen molar-refractivity contribution in [2.24, 2.45) is 5.92 Å². The van der Waals surface area contributed by atoms with Crippen molar-refractivity contribution in [2.75, 3.05) is 5.32 Å². The quantitative estimate of drug-likeness (QED) is 0.900. The maximum Gasteiger partial charge on any atom is 0.335 e. The van der Waals surface area contributed by atoms with Crippen LogP contribution in [0.15, 0.2) is 48.5 Å². The number of nitrogens with one attached hydrogen (secondary N) is 1. The zero-order valence-electron chi connectivity index (χ0n) is 12.0. The standard InChI is InChI=1S/C17H17NO3/c1-11(2)16(19)18-15-5-3-4-14(10-15)12-6-8-13(9-7-12)17(20)21/h3-11H,1-2H3,(H,18,19)(H,20,21). The van der Waals surface area contributed by atoms with Crippen LogP contribution in [0.5, 0.6) is 0 Å². The Kier molecular flexibility index (Phi) is 4.38. The molecule has 4 heteroatoms. The summed E-state index contributed by atoms with van der Waals surface area (Å²) in [6, 6.07) is 14.1. The first-order valence-electron chi connectivity index (χ1n) is 6.72. The first-order valence-corrected chi connectivity index (χ1v) is 6.72. The molecule has 21 heavy (non-hydrogen) atoms. The fourth-order valence-electron chi connectivity index (χ4n) is 1.87. The Bertz CT molecular complexity index is 660. The van der Waals surface area contributed by atoms with Gasteiger partial charge in [-0.15, -0.1) is 0 Å². The van der Waals surface area contributed by atoms with Gasteiger partial charge in [0.1, 0.15) is 0 Å². The second-order valence-electron chi connectivity index (χ2n) is 5.11. The highest BCUT2D eigenvalue weighted by atomic mass is 16.4. The highest BCUT2D eigenvalue weighted by Crippen LogP contribution is 2.23. The van der Waals surface area contributed by atoms with Gasteiger partial charge in [0.15, 0.2) is 0 Å². The van der Waals surface area contributed by atoms with E-state index in [1.165, 1.54) is 0 Å². The number of hydrogen-bond acceptors (Lipinski definition) is 2. The highest BCUT2D eigenvalue weighted by molar-refractivity contribution is 5.93. The number of anilines is 1. The average molecular weight is 283 g/mol. The summed E-state index contributed by atoms with van der Waals surface area (Å²) in [4.78, 5) is 22.5. The topological polar surface area (TPSA) is 66.4 Å². The van der Waals surface area contributed by atoms with Gasteiger partial charge in [0.25, 0.3) is 0 Å². The van der Waals surface area contributed by atoms with Crippen molar-refractivity contribution in [3.8, 4) is 11.1 Å². The van der Waals surface area contributed by atoms with Crippen LogP contribution in [0.4, 0.5) is 5.69 Å². The summed E-state index contributed by atoms with van der Waals surface area (Å²) in [5, 5.41) is 11.7. The van der Waals surface area contributed by atoms with E-state index in [9.17, 15) is 9.59 Å². The van der Waals surface area contributed by atoms with Crippen molar-refractivity contribution >= 4 is 17.6 Å². The average Bonchev–Trinajstić information content (AvgIpc) is 2.47. The summed E-state index contributed by atoms with van der Waals surface area (Å²) >= 11 is 0. The largest absolute Gasteiger partial charge is 0.478 e. The predicted molar refractivity (Wildman–Crippen MR) is 82.3 cm³/mol. The normalized spacial score (nSPS) is 10.4. The molecule has 0 aliphatic heterocycles. The van der Waals surface area contributed by atoms with Crippen LogP contribution < -0.4 is 5.32 Å². The zero-order valence-corrected chi connectivity index (χ0v) is 12.0. The number of carboxylic acid groups (broad SMARTS) is 1. The van der Waals surface area contributed by atoms with Crippen LogP contribution in [-0.2, 0) is 4.79 Å². The van der Waals surface area contributed by atoms with Crippen LogP contribution in [0.3, 0.4) is 0 Å². The third-order valence-corrected chi connectivity index (χ3v) is 3.12. The minimum atomic E-state index is -0.945. The van der Waals surface area contributed by atoms with E-state index >= 15 is 0 Å². The number of rotatable bonds is 4. The van der Waals surface area contributed by atoms with Gasteiger partial charge in [-0.1, -0.05) is 38.1 Å². The summed E-state index contributed by atoms with van der Waals surface area (Å²) in [7, 11) is 0. The van der Waals surface area contributed by atoms with E-state index in [4.69, 9.17) is 5.11 Å². The molecule has 2 N–H and O–H groups in total. The van der Waals surface area contributed by atoms with Crippen LogP contribution in [0, 0.1) is 5.92 Å². The van der Waals surface area contributed by atoms with E-state index in [1.807, 2.05) is 38.1 Å². The summed E-state index contributed by atoms with van der Waals surface area (Å²) in [5.41, 5.74) is 2.81. The Labute approximate surface area is 123 Å². The molecule has 0 heterocycles. The Balaban J connectivity index is 2.24. The summed E-state index contributed by atoms with van der Waals surface area (Å²) in [6.45, 7) is 3.67. The van der Waals surface area contributed by atoms with Crippen molar-refractivity contribution in [2.45, 2.75) is 13.8 Å². The fraction of sp³-hybridized carbons (Fsp3) is 0.176. The van der Waals surface area contributed by atoms with Gasteiger partial charge >= 0.3 is 5.97 Å². The van der Waals surface area contributed by atoms with E-state index in [2.05, 4.69) is 5.32 Å². The molecule has 108 valence electrons. The smallest absolute Gasteiger partial charge is 0.335 e. The lowest BCUT2D eigenvalue weighted by molar-refractivity contribution is -0.118. The first-order chi connectivity index (χ1) is 9.97. The molecular formula is C17H17NO3. The number of hydrogen-bond donors (Lipinski definition) is 2. The molecule has 0 fully saturated rings. The SMILES string of the molecule is CC(C)C(=O)Nc1cccc(-c2ccc(C(=O)O)cc2)c1. The lowest BCUT2D eigenvalue weighted by Crippen LogP contribution is -2.17. The van der Waals surface area contributed by atoms with Gasteiger partial charge < -0.3 is 10.4 Å². The second kappa shape index (κ2) is 6.22. The number of carboxylic acids is 1. The summed E-state index contributed by atoms with van der Waals surface area (Å²) in [6.07, 6.45) is 0. The molecule has 0 aliphatic carbocycles. The molecule has 2 aromatic carbocycles. The molecule has 2 rings (SSSR count). The molecule has 0 spiro atoms. The third-order valence-electron chi connectivity index (χ3n) is 3.12. The van der Waals surface area contributed by atoms with Crippen molar-refractivity contribution in [3.63, 3.8) is 0 Å². The Morgan fingerprint density at radius 1 is 1.00 bits per heavy atom. The molecule has 4 nitrogen and oxygen atoms in total. The van der Waals surface area contributed by atoms with Crippen LogP contribution in [0.1, 0.15) is 24.2 Å². The van der Waals surface area contributed by atoms with Gasteiger partial charge in [-0.2, -0.15) is 0 Å². The first kappa shape index (κ1) is 14.8. The van der Waals surface area contributed by atoms with Crippen LogP contribution in [0.2, 0.25) is 0 Å². The highest BCUT2D eigenvalue weighted by Gasteiger charge is 2.08. The van der Waals surface area contributed by atoms with Crippen molar-refractivity contribution in [1.82, 2.24) is 0 Å². The number of carbonyl (C=O) groups excluding carboxylic acids is 1. The van der Waals surface area contributed by atoms with Gasteiger partial charge in [-0.25, -0.2) is 4.79 Å². The van der Waals surface area contributed by atoms with E-state index < -0.39 is 5.97 Å². The maximum absolute atomic E-state index is 11.7. The Morgan fingerprint density at radius 2 is 1.67 bits per heavy atom. The van der Waals surface area contributed by atoms with Crippen LogP contribution >= 0.6 is 0 Å². The molecule has 0 bridgehead atoms. The molecule has 0 atom stereocenters. The molecule has 0 unspecified atom stereocenters. The number of carbonyl (C=O) groups is 2. The van der Waals surface area contributed by atoms with Gasteiger partial charge in [0, 0.05) is 11.6 Å². The van der Waals surface area contributed by atoms with Gasteiger partial charge in [0.05, 0.1) is 5.56 Å². The number of aromatic carboxylic acids is 1. The lowest BCUT2D eigenvalue weighted by Gasteiger charge is -2.09. The number of amides is 1. The monoisotopic (exact) mass is 283 g/mol. The minimum absolute atomic E-state index is 0.0339. The maximum atomic E-state index is 11.7. The van der Waals surface area contributed by atoms with Gasteiger partial charge in [-0.05, 0) is 35.4 Å². The van der Waals surface area contributed by atoms with E-state index in [-0.39, 0.29) is 17.4 Å². The molecule has 0 aromatic heterocycles. The fourth-order valence-corrected chi connectivity index (χ4v) is 1.87. The van der Waals surface area contributed by atoms with Crippen LogP contribution in [-0.4, -0.2) is 17.0 Å². The molecule has 1 amide bonds.